The first-order chi connectivity index (χ1) is 27.6. The van der Waals surface area contributed by atoms with E-state index in [-0.39, 0.29) is 16.2 Å². The number of para-hydroxylation sites is 1. The minimum absolute atomic E-state index is 0.0759. The van der Waals surface area contributed by atoms with Gasteiger partial charge in [0.15, 0.2) is 0 Å². The number of anilines is 3. The molecule has 58 heavy (non-hydrogen) atoms. The highest BCUT2D eigenvalue weighted by molar-refractivity contribution is 6.03. The van der Waals surface area contributed by atoms with E-state index in [2.05, 4.69) is 202 Å². The van der Waals surface area contributed by atoms with Gasteiger partial charge in [-0.1, -0.05) is 159 Å². The number of nitrogens with zero attached hydrogens (tertiary/aromatic N) is 1. The second kappa shape index (κ2) is 12.7. The molecule has 0 N–H and O–H groups in total. The van der Waals surface area contributed by atoms with Crippen LogP contribution >= 0.6 is 0 Å². The van der Waals surface area contributed by atoms with Crippen LogP contribution in [-0.2, 0) is 16.2 Å². The van der Waals surface area contributed by atoms with E-state index >= 15 is 0 Å². The van der Waals surface area contributed by atoms with E-state index in [9.17, 15) is 0 Å². The molecule has 0 radical (unpaired) electrons. The van der Waals surface area contributed by atoms with Crippen molar-refractivity contribution in [1.82, 2.24) is 0 Å². The van der Waals surface area contributed by atoms with Crippen LogP contribution in [0.3, 0.4) is 0 Å². The topological polar surface area (TPSA) is 16.4 Å². The first-order valence-electron chi connectivity index (χ1n) is 21.3. The molecule has 290 valence electrons. The molecule has 0 saturated heterocycles. The predicted molar refractivity (Wildman–Crippen MR) is 246 cm³/mol. The molecule has 2 heteroatoms. The fourth-order valence-electron chi connectivity index (χ4n) is 10.5. The monoisotopic (exact) mass is 757 g/mol. The molecule has 1 atom stereocenters. The number of benzene rings is 6. The van der Waals surface area contributed by atoms with Crippen LogP contribution in [0.4, 0.5) is 17.1 Å². The van der Waals surface area contributed by atoms with Crippen molar-refractivity contribution in [2.45, 2.75) is 97.8 Å². The van der Waals surface area contributed by atoms with Gasteiger partial charge in [0.2, 0.25) is 0 Å². The molecule has 0 spiro atoms. The molecule has 3 aliphatic rings. The standard InChI is InChI=1S/C56H55NO/c1-33(2)38-16-13-18-45-46-19-14-17-44(53(46)58-52(38)45)43-25-21-34(3)29-51(43)57(36-23-27-41-39-15-11-12-20-47(39)55(7,8)49(41)31-36)37-24-28-42-40-26-22-35(54(4,5)6)30-48(40)56(9,10)50(42)32-37/h11-15,17-33,38H,16H2,1-10H3. The van der Waals surface area contributed by atoms with Crippen LogP contribution in [0.25, 0.3) is 50.4 Å². The summed E-state index contributed by atoms with van der Waals surface area (Å²) in [5.41, 5.74) is 21.2. The molecule has 0 bridgehead atoms. The highest BCUT2D eigenvalue weighted by Gasteiger charge is 2.39. The Balaban J connectivity index is 1.21. The second-order valence-corrected chi connectivity index (χ2v) is 19.7. The SMILES string of the molecule is Cc1ccc(-c2cccc3c4c(oc23)C(C(C)C)CC=C4)c(N(c2ccc3c(c2)C(C)(C)c2ccccc2-3)c2ccc3c(c2)C(C)(C)c2cc(C(C)(C)C)ccc2-3)c1. The van der Waals surface area contributed by atoms with E-state index in [4.69, 9.17) is 4.42 Å². The Morgan fingerprint density at radius 2 is 1.21 bits per heavy atom. The van der Waals surface area contributed by atoms with E-state index < -0.39 is 0 Å². The first-order valence-corrected chi connectivity index (χ1v) is 21.3. The smallest absolute Gasteiger partial charge is 0.142 e. The third-order valence-corrected chi connectivity index (χ3v) is 13.9. The highest BCUT2D eigenvalue weighted by atomic mass is 16.3. The van der Waals surface area contributed by atoms with Crippen molar-refractivity contribution in [2.24, 2.45) is 5.92 Å². The summed E-state index contributed by atoms with van der Waals surface area (Å²) in [4.78, 5) is 2.53. The lowest BCUT2D eigenvalue weighted by Gasteiger charge is -2.31. The third kappa shape index (κ3) is 5.37. The molecule has 1 heterocycles. The molecule has 1 aromatic heterocycles. The van der Waals surface area contributed by atoms with Gasteiger partial charge in [0, 0.05) is 50.2 Å². The largest absolute Gasteiger partial charge is 0.459 e. The van der Waals surface area contributed by atoms with Crippen molar-refractivity contribution >= 4 is 34.1 Å². The van der Waals surface area contributed by atoms with Crippen LogP contribution in [0, 0.1) is 12.8 Å². The number of hydrogen-bond acceptors (Lipinski definition) is 2. The number of fused-ring (bicyclic) bond motifs is 9. The molecule has 7 aromatic rings. The van der Waals surface area contributed by atoms with Crippen molar-refractivity contribution in [1.29, 1.82) is 0 Å². The fourth-order valence-corrected chi connectivity index (χ4v) is 10.5. The summed E-state index contributed by atoms with van der Waals surface area (Å²) >= 11 is 0. The quantitative estimate of drug-likeness (QED) is 0.174. The average molecular weight is 758 g/mol. The lowest BCUT2D eigenvalue weighted by atomic mass is 9.79. The van der Waals surface area contributed by atoms with E-state index in [1.54, 1.807) is 0 Å². The lowest BCUT2D eigenvalue weighted by Crippen LogP contribution is -2.19. The molecule has 10 rings (SSSR count). The number of hydrogen-bond donors (Lipinski definition) is 0. The maximum Gasteiger partial charge on any atom is 0.142 e. The maximum absolute atomic E-state index is 7.04. The fraction of sp³-hybridized carbons (Fsp3) is 0.286. The summed E-state index contributed by atoms with van der Waals surface area (Å²) in [5.74, 6) is 1.98. The van der Waals surface area contributed by atoms with Crippen molar-refractivity contribution in [3.05, 3.63) is 166 Å². The van der Waals surface area contributed by atoms with E-state index in [1.165, 1.54) is 66.6 Å². The maximum atomic E-state index is 7.04. The molecule has 2 nitrogen and oxygen atoms in total. The molecular weight excluding hydrogens is 703 g/mol. The Kier molecular flexibility index (Phi) is 8.04. The van der Waals surface area contributed by atoms with Crippen LogP contribution in [0.5, 0.6) is 0 Å². The van der Waals surface area contributed by atoms with E-state index in [0.29, 0.717) is 11.8 Å². The van der Waals surface area contributed by atoms with Crippen molar-refractivity contribution < 1.29 is 4.42 Å². The number of rotatable bonds is 5. The molecule has 0 saturated carbocycles. The third-order valence-electron chi connectivity index (χ3n) is 13.9. The van der Waals surface area contributed by atoms with Crippen LogP contribution in [0.2, 0.25) is 0 Å². The van der Waals surface area contributed by atoms with Crippen molar-refractivity contribution in [2.75, 3.05) is 4.90 Å². The summed E-state index contributed by atoms with van der Waals surface area (Å²) in [6.07, 6.45) is 5.63. The molecule has 0 fully saturated rings. The van der Waals surface area contributed by atoms with Crippen LogP contribution < -0.4 is 4.90 Å². The zero-order valence-electron chi connectivity index (χ0n) is 35.8. The number of furan rings is 1. The van der Waals surface area contributed by atoms with Gasteiger partial charge in [-0.25, -0.2) is 0 Å². The first kappa shape index (κ1) is 36.7. The lowest BCUT2D eigenvalue weighted by molar-refractivity contribution is 0.408. The van der Waals surface area contributed by atoms with Crippen molar-refractivity contribution in [3.63, 3.8) is 0 Å². The molecule has 3 aliphatic carbocycles. The van der Waals surface area contributed by atoms with Gasteiger partial charge in [-0.3, -0.25) is 0 Å². The Morgan fingerprint density at radius 1 is 0.621 bits per heavy atom. The zero-order valence-corrected chi connectivity index (χ0v) is 35.8. The van der Waals surface area contributed by atoms with Gasteiger partial charge in [0.1, 0.15) is 11.3 Å². The Labute approximate surface area is 345 Å². The van der Waals surface area contributed by atoms with Gasteiger partial charge in [-0.15, -0.1) is 0 Å². The summed E-state index contributed by atoms with van der Waals surface area (Å²) < 4.78 is 7.04. The normalized spacial score (nSPS) is 16.9. The minimum atomic E-state index is -0.163. The summed E-state index contributed by atoms with van der Waals surface area (Å²) in [7, 11) is 0. The molecule has 6 aromatic carbocycles. The Bertz CT molecular complexity index is 2850. The van der Waals surface area contributed by atoms with Gasteiger partial charge >= 0.3 is 0 Å². The number of allylic oxidation sites excluding steroid dienone is 1. The van der Waals surface area contributed by atoms with E-state index in [1.807, 2.05) is 0 Å². The van der Waals surface area contributed by atoms with Gasteiger partial charge in [-0.2, -0.15) is 0 Å². The predicted octanol–water partition coefficient (Wildman–Crippen LogP) is 15.9. The molecule has 1 unspecified atom stereocenters. The summed E-state index contributed by atoms with van der Waals surface area (Å²) in [5, 5.41) is 1.19. The second-order valence-electron chi connectivity index (χ2n) is 19.7. The summed E-state index contributed by atoms with van der Waals surface area (Å²) in [6.45, 7) is 23.4. The number of aryl methyl sites for hydroxylation is 1. The van der Waals surface area contributed by atoms with Crippen LogP contribution in [0.15, 0.2) is 126 Å². The summed E-state index contributed by atoms with van der Waals surface area (Å²) in [6, 6.07) is 44.2. The van der Waals surface area contributed by atoms with Gasteiger partial charge in [-0.05, 0) is 111 Å². The van der Waals surface area contributed by atoms with Gasteiger partial charge in [0.05, 0.1) is 5.69 Å². The highest BCUT2D eigenvalue weighted by Crippen LogP contribution is 2.55. The van der Waals surface area contributed by atoms with Crippen molar-refractivity contribution in [3.8, 4) is 33.4 Å². The van der Waals surface area contributed by atoms with Crippen LogP contribution in [-0.4, -0.2) is 0 Å². The van der Waals surface area contributed by atoms with Gasteiger partial charge in [0.25, 0.3) is 0 Å². The van der Waals surface area contributed by atoms with Crippen LogP contribution in [0.1, 0.15) is 119 Å². The average Bonchev–Trinajstić information content (AvgIpc) is 3.77. The Morgan fingerprint density at radius 3 is 1.88 bits per heavy atom. The Hall–Kier alpha value is -5.60. The molecule has 0 amide bonds. The molecule has 0 aliphatic heterocycles. The minimum Gasteiger partial charge on any atom is -0.459 e. The molecular formula is C56H55NO. The zero-order chi connectivity index (χ0) is 40.5. The van der Waals surface area contributed by atoms with Gasteiger partial charge < -0.3 is 9.32 Å². The van der Waals surface area contributed by atoms with E-state index in [0.717, 1.165) is 46.0 Å².